The van der Waals surface area contributed by atoms with Crippen LogP contribution in [0.5, 0.6) is 11.5 Å². The van der Waals surface area contributed by atoms with E-state index in [9.17, 15) is 19.1 Å². The summed E-state index contributed by atoms with van der Waals surface area (Å²) >= 11 is 0. The molecule has 0 unspecified atom stereocenters. The molecule has 2 aliphatic rings. The normalized spacial score (nSPS) is 20.6. The van der Waals surface area contributed by atoms with Crippen molar-refractivity contribution in [2.45, 2.75) is 25.4 Å². The van der Waals surface area contributed by atoms with E-state index in [1.807, 2.05) is 48.3 Å². The van der Waals surface area contributed by atoms with E-state index in [1.165, 1.54) is 29.1 Å². The number of hydrogen-bond acceptors (Lipinski definition) is 5. The molecule has 0 aliphatic carbocycles. The zero-order chi connectivity index (χ0) is 23.8. The number of nitrogens with zero attached hydrogens (tertiary/aromatic N) is 3. The van der Waals surface area contributed by atoms with Gasteiger partial charge in [0.2, 0.25) is 5.43 Å². The van der Waals surface area contributed by atoms with Crippen LogP contribution in [0.25, 0.3) is 0 Å². The van der Waals surface area contributed by atoms with Crippen LogP contribution in [0.15, 0.2) is 77.7 Å². The van der Waals surface area contributed by atoms with Crippen LogP contribution in [-0.4, -0.2) is 39.9 Å². The van der Waals surface area contributed by atoms with Crippen LogP contribution < -0.4 is 15.2 Å². The highest BCUT2D eigenvalue weighted by Gasteiger charge is 2.39. The fraction of sp³-hybridized carbons (Fsp3) is 0.231. The van der Waals surface area contributed by atoms with Gasteiger partial charge in [-0.1, -0.05) is 43.3 Å². The first-order chi connectivity index (χ1) is 16.5. The minimum atomic E-state index is -0.628. The van der Waals surface area contributed by atoms with Gasteiger partial charge in [-0.25, -0.2) is 4.39 Å². The van der Waals surface area contributed by atoms with Crippen molar-refractivity contribution in [3.8, 4) is 11.5 Å². The number of ether oxygens (including phenoxy) is 1. The Kier molecular flexibility index (Phi) is 5.57. The third kappa shape index (κ3) is 3.61. The van der Waals surface area contributed by atoms with Gasteiger partial charge >= 0.3 is 0 Å². The van der Waals surface area contributed by atoms with E-state index in [0.29, 0.717) is 17.7 Å². The largest absolute Gasteiger partial charge is 0.502 e. The quantitative estimate of drug-likeness (QED) is 0.591. The monoisotopic (exact) mass is 461 g/mol. The summed E-state index contributed by atoms with van der Waals surface area (Å²) in [6, 6.07) is 14.4. The molecule has 1 amide bonds. The van der Waals surface area contributed by atoms with Gasteiger partial charge in [0.25, 0.3) is 5.91 Å². The molecule has 0 saturated carbocycles. The summed E-state index contributed by atoms with van der Waals surface area (Å²) in [6.07, 6.45) is 5.77. The Hall–Kier alpha value is -4.07. The molecule has 2 atom stereocenters. The molecular weight excluding hydrogens is 437 g/mol. The predicted octanol–water partition coefficient (Wildman–Crippen LogP) is 3.56. The second-order valence-electron chi connectivity index (χ2n) is 8.29. The standard InChI is InChI=1S/C26H24FN3O4/c1-2-19-9-6-14-34-22-15-18(27)10-11-20(22)23(17-7-4-3-5-8-17)30-16-28(19)26(33)24-25(32)21(31)12-13-29(24)30/h3-13,15,19,23,32H,2,14,16H2,1H3/b9-6+/t19-,23+/m0/s1. The summed E-state index contributed by atoms with van der Waals surface area (Å²) in [5.74, 6) is -1.08. The average Bonchev–Trinajstić information content (AvgIpc) is 2.87. The number of aromatic hydroxyl groups is 1. The molecule has 1 aromatic heterocycles. The van der Waals surface area contributed by atoms with Gasteiger partial charge in [0, 0.05) is 23.9 Å². The molecule has 2 aromatic carbocycles. The first kappa shape index (κ1) is 21.8. The van der Waals surface area contributed by atoms with Crippen LogP contribution in [0.2, 0.25) is 0 Å². The van der Waals surface area contributed by atoms with Gasteiger partial charge in [0.15, 0.2) is 11.4 Å². The van der Waals surface area contributed by atoms with Gasteiger partial charge in [-0.2, -0.15) is 0 Å². The number of hydrogen-bond donors (Lipinski definition) is 1. The second kappa shape index (κ2) is 8.70. The van der Waals surface area contributed by atoms with Crippen molar-refractivity contribution in [3.63, 3.8) is 0 Å². The Morgan fingerprint density at radius 1 is 1.12 bits per heavy atom. The number of pyridine rings is 1. The van der Waals surface area contributed by atoms with Crippen molar-refractivity contribution in [3.05, 3.63) is 106 Å². The van der Waals surface area contributed by atoms with Crippen LogP contribution in [0.1, 0.15) is 41.0 Å². The van der Waals surface area contributed by atoms with Crippen molar-refractivity contribution < 1.29 is 19.0 Å². The minimum absolute atomic E-state index is 0.102. The smallest absolute Gasteiger partial charge is 0.278 e. The maximum atomic E-state index is 14.2. The summed E-state index contributed by atoms with van der Waals surface area (Å²) in [7, 11) is 0. The highest BCUT2D eigenvalue weighted by molar-refractivity contribution is 5.96. The van der Waals surface area contributed by atoms with Crippen LogP contribution in [0.3, 0.4) is 0 Å². The average molecular weight is 461 g/mol. The van der Waals surface area contributed by atoms with Gasteiger partial charge in [-0.15, -0.1) is 0 Å². The molecular formula is C26H24FN3O4. The van der Waals surface area contributed by atoms with Gasteiger partial charge in [0.1, 0.15) is 30.9 Å². The summed E-state index contributed by atoms with van der Waals surface area (Å²) in [4.78, 5) is 27.4. The van der Waals surface area contributed by atoms with Crippen molar-refractivity contribution in [2.24, 2.45) is 0 Å². The molecule has 5 rings (SSSR count). The van der Waals surface area contributed by atoms with Crippen molar-refractivity contribution >= 4 is 5.91 Å². The number of amides is 1. The van der Waals surface area contributed by atoms with Gasteiger partial charge in [0.05, 0.1) is 6.04 Å². The zero-order valence-corrected chi connectivity index (χ0v) is 18.6. The molecule has 3 heterocycles. The molecule has 1 N–H and O–H groups in total. The molecule has 8 heteroatoms. The van der Waals surface area contributed by atoms with Crippen LogP contribution in [0.4, 0.5) is 4.39 Å². The summed E-state index contributed by atoms with van der Waals surface area (Å²) in [5.41, 5.74) is 0.832. The van der Waals surface area contributed by atoms with Crippen LogP contribution in [-0.2, 0) is 0 Å². The van der Waals surface area contributed by atoms with Crippen LogP contribution in [0, 0.1) is 5.82 Å². The number of carbonyl (C=O) groups excluding carboxylic acids is 1. The van der Waals surface area contributed by atoms with Crippen molar-refractivity contribution in [1.29, 1.82) is 0 Å². The fourth-order valence-electron chi connectivity index (χ4n) is 4.63. The molecule has 0 radical (unpaired) electrons. The number of fused-ring (bicyclic) bond motifs is 5. The summed E-state index contributed by atoms with van der Waals surface area (Å²) in [5, 5.41) is 12.5. The summed E-state index contributed by atoms with van der Waals surface area (Å²) in [6.45, 7) is 2.33. The lowest BCUT2D eigenvalue weighted by atomic mass is 9.96. The Morgan fingerprint density at radius 2 is 1.91 bits per heavy atom. The summed E-state index contributed by atoms with van der Waals surface area (Å²) < 4.78 is 21.7. The molecule has 0 spiro atoms. The molecule has 0 saturated heterocycles. The van der Waals surface area contributed by atoms with E-state index in [1.54, 1.807) is 17.0 Å². The zero-order valence-electron chi connectivity index (χ0n) is 18.6. The minimum Gasteiger partial charge on any atom is -0.502 e. The van der Waals surface area contributed by atoms with E-state index in [0.717, 1.165) is 5.56 Å². The third-order valence-corrected chi connectivity index (χ3v) is 6.29. The Bertz CT molecular complexity index is 1320. The topological polar surface area (TPSA) is 75.0 Å². The first-order valence-corrected chi connectivity index (χ1v) is 11.2. The number of aromatic nitrogens is 1. The first-order valence-electron chi connectivity index (χ1n) is 11.2. The molecule has 34 heavy (non-hydrogen) atoms. The van der Waals surface area contributed by atoms with E-state index < -0.39 is 28.9 Å². The van der Waals surface area contributed by atoms with Gasteiger partial charge in [-0.05, 0) is 30.2 Å². The molecule has 3 aromatic rings. The number of carbonyl (C=O) groups is 1. The maximum absolute atomic E-state index is 14.2. The SMILES string of the molecule is CC[C@H]1/C=C/COc2cc(F)ccc2[C@@H](c2ccccc2)N2CN1C(=O)c1c(O)c(=O)ccn12. The predicted molar refractivity (Wildman–Crippen MR) is 125 cm³/mol. The molecule has 2 aliphatic heterocycles. The van der Waals surface area contributed by atoms with Crippen molar-refractivity contribution in [1.82, 2.24) is 9.58 Å². The Morgan fingerprint density at radius 3 is 2.68 bits per heavy atom. The van der Waals surface area contributed by atoms with Gasteiger partial charge < -0.3 is 14.7 Å². The maximum Gasteiger partial charge on any atom is 0.278 e. The Labute approximate surface area is 195 Å². The highest BCUT2D eigenvalue weighted by atomic mass is 19.1. The fourth-order valence-corrected chi connectivity index (χ4v) is 4.63. The molecule has 7 nitrogen and oxygen atoms in total. The van der Waals surface area contributed by atoms with Gasteiger partial charge in [-0.3, -0.25) is 19.3 Å². The Balaban J connectivity index is 1.82. The molecule has 174 valence electrons. The van der Waals surface area contributed by atoms with E-state index in [-0.39, 0.29) is 25.0 Å². The van der Waals surface area contributed by atoms with Crippen LogP contribution >= 0.6 is 0 Å². The van der Waals surface area contributed by atoms with E-state index in [4.69, 9.17) is 4.74 Å². The molecule has 2 bridgehead atoms. The third-order valence-electron chi connectivity index (χ3n) is 6.29. The van der Waals surface area contributed by atoms with E-state index >= 15 is 0 Å². The number of benzene rings is 2. The molecule has 0 fully saturated rings. The second-order valence-corrected chi connectivity index (χ2v) is 8.29. The number of rotatable bonds is 2. The van der Waals surface area contributed by atoms with Crippen molar-refractivity contribution in [2.75, 3.05) is 18.3 Å². The highest BCUT2D eigenvalue weighted by Crippen LogP contribution is 2.37. The lowest BCUT2D eigenvalue weighted by molar-refractivity contribution is 0.0626. The lowest BCUT2D eigenvalue weighted by Gasteiger charge is -2.45. The number of halogens is 1. The van der Waals surface area contributed by atoms with E-state index in [2.05, 4.69) is 0 Å². The lowest BCUT2D eigenvalue weighted by Crippen LogP contribution is -2.57.